The molecule has 2 aromatic heterocycles. The highest BCUT2D eigenvalue weighted by atomic mass is 32.1. The van der Waals surface area contributed by atoms with Crippen molar-refractivity contribution >= 4 is 27.5 Å². The Kier molecular flexibility index (Phi) is 7.61. The molecular formula is C30H33N3O2S. The van der Waals surface area contributed by atoms with Crippen LogP contribution in [0.1, 0.15) is 78.8 Å². The molecule has 1 aliphatic carbocycles. The summed E-state index contributed by atoms with van der Waals surface area (Å²) in [6.45, 7) is 2.16. The molecule has 1 aliphatic rings. The van der Waals surface area contributed by atoms with Crippen molar-refractivity contribution in [1.29, 1.82) is 0 Å². The molecule has 0 atom stereocenters. The van der Waals surface area contributed by atoms with Crippen molar-refractivity contribution in [2.24, 2.45) is 0 Å². The van der Waals surface area contributed by atoms with Crippen LogP contribution in [-0.2, 0) is 24.1 Å². The zero-order valence-corrected chi connectivity index (χ0v) is 21.7. The fourth-order valence-electron chi connectivity index (χ4n) is 5.22. The first-order valence-electron chi connectivity index (χ1n) is 13.1. The van der Waals surface area contributed by atoms with Gasteiger partial charge in [0.15, 0.2) is 0 Å². The average molecular weight is 500 g/mol. The van der Waals surface area contributed by atoms with Crippen molar-refractivity contribution in [3.05, 3.63) is 98.4 Å². The zero-order valence-electron chi connectivity index (χ0n) is 20.8. The lowest BCUT2D eigenvalue weighted by atomic mass is 9.88. The van der Waals surface area contributed by atoms with Gasteiger partial charge in [0.05, 0.1) is 5.39 Å². The maximum atomic E-state index is 13.8. The van der Waals surface area contributed by atoms with Gasteiger partial charge in [0.2, 0.25) is 5.91 Å². The first-order chi connectivity index (χ1) is 17.7. The second kappa shape index (κ2) is 11.2. The Hall–Kier alpha value is -3.25. The average Bonchev–Trinajstić information content (AvgIpc) is 3.29. The fraction of sp³-hybridized carbons (Fsp3) is 0.367. The molecule has 0 bridgehead atoms. The molecule has 4 aromatic rings. The number of benzene rings is 2. The summed E-state index contributed by atoms with van der Waals surface area (Å²) < 4.78 is 1.45. The highest BCUT2D eigenvalue weighted by Gasteiger charge is 2.24. The van der Waals surface area contributed by atoms with Gasteiger partial charge in [-0.05, 0) is 48.8 Å². The molecule has 5 rings (SSSR count). The van der Waals surface area contributed by atoms with E-state index in [4.69, 9.17) is 4.98 Å². The number of carbonyl (C=O) groups is 1. The van der Waals surface area contributed by atoms with Crippen LogP contribution < -0.4 is 11.0 Å². The lowest BCUT2D eigenvalue weighted by Gasteiger charge is -2.19. The molecule has 36 heavy (non-hydrogen) atoms. The lowest BCUT2D eigenvalue weighted by Crippen LogP contribution is -2.37. The summed E-state index contributed by atoms with van der Waals surface area (Å²) in [7, 11) is 0. The Morgan fingerprint density at radius 2 is 1.67 bits per heavy atom. The van der Waals surface area contributed by atoms with Crippen LogP contribution in [0, 0.1) is 0 Å². The van der Waals surface area contributed by atoms with E-state index in [-0.39, 0.29) is 23.8 Å². The van der Waals surface area contributed by atoms with Crippen LogP contribution >= 0.6 is 11.3 Å². The summed E-state index contributed by atoms with van der Waals surface area (Å²) in [5.74, 6) is 0.373. The quantitative estimate of drug-likeness (QED) is 0.273. The molecule has 0 fully saturated rings. The maximum absolute atomic E-state index is 13.8. The van der Waals surface area contributed by atoms with Crippen LogP contribution in [0.5, 0.6) is 0 Å². The van der Waals surface area contributed by atoms with Gasteiger partial charge in [-0.1, -0.05) is 80.4 Å². The number of unbranched alkanes of at least 4 members (excludes halogenated alkanes) is 2. The zero-order chi connectivity index (χ0) is 24.9. The molecule has 0 saturated carbocycles. The number of hydrogen-bond donors (Lipinski definition) is 1. The molecule has 1 amide bonds. The van der Waals surface area contributed by atoms with Crippen molar-refractivity contribution in [3.8, 4) is 0 Å². The van der Waals surface area contributed by atoms with Crippen LogP contribution in [0.4, 0.5) is 0 Å². The second-order valence-corrected chi connectivity index (χ2v) is 10.7. The molecular weight excluding hydrogens is 466 g/mol. The number of nitrogens with zero attached hydrogens (tertiary/aromatic N) is 2. The van der Waals surface area contributed by atoms with Crippen molar-refractivity contribution in [2.75, 3.05) is 5.43 Å². The smallest absolute Gasteiger partial charge is 0.273 e. The van der Waals surface area contributed by atoms with Gasteiger partial charge in [0.1, 0.15) is 10.7 Å². The first-order valence-corrected chi connectivity index (χ1v) is 13.9. The monoisotopic (exact) mass is 499 g/mol. The number of aromatic nitrogens is 2. The Balaban J connectivity index is 1.49. The van der Waals surface area contributed by atoms with Gasteiger partial charge < -0.3 is 0 Å². The molecule has 2 aromatic carbocycles. The third-order valence-corrected chi connectivity index (χ3v) is 8.28. The van der Waals surface area contributed by atoms with E-state index in [9.17, 15) is 9.59 Å². The van der Waals surface area contributed by atoms with E-state index >= 15 is 0 Å². The summed E-state index contributed by atoms with van der Waals surface area (Å²) in [4.78, 5) is 34.3. The van der Waals surface area contributed by atoms with E-state index in [0.29, 0.717) is 17.6 Å². The molecule has 5 nitrogen and oxygen atoms in total. The number of aryl methyl sites for hydroxylation is 3. The summed E-state index contributed by atoms with van der Waals surface area (Å²) in [5, 5.41) is 0.705. The van der Waals surface area contributed by atoms with Gasteiger partial charge in [-0.2, -0.15) is 0 Å². The van der Waals surface area contributed by atoms with Crippen molar-refractivity contribution in [2.45, 2.75) is 70.6 Å². The molecule has 186 valence electrons. The minimum Gasteiger partial charge on any atom is -0.273 e. The normalized spacial score (nSPS) is 13.2. The van der Waals surface area contributed by atoms with Gasteiger partial charge in [0, 0.05) is 23.6 Å². The SMILES string of the molecule is CCCCCc1nc2sc3c(c2c(=O)n1NC(=O)CC(c1ccccc1)c1ccccc1)CCCC3. The number of rotatable bonds is 9. The minimum atomic E-state index is -0.184. The van der Waals surface area contributed by atoms with Crippen molar-refractivity contribution in [3.63, 3.8) is 0 Å². The van der Waals surface area contributed by atoms with Crippen molar-refractivity contribution in [1.82, 2.24) is 9.66 Å². The van der Waals surface area contributed by atoms with Gasteiger partial charge in [-0.25, -0.2) is 9.66 Å². The summed E-state index contributed by atoms with van der Waals surface area (Å²) >= 11 is 1.66. The predicted octanol–water partition coefficient (Wildman–Crippen LogP) is 6.36. The number of hydrogen-bond acceptors (Lipinski definition) is 4. The van der Waals surface area contributed by atoms with Gasteiger partial charge in [-0.15, -0.1) is 11.3 Å². The molecule has 6 heteroatoms. The van der Waals surface area contributed by atoms with Crippen LogP contribution in [-0.4, -0.2) is 15.6 Å². The Labute approximate surface area is 216 Å². The van der Waals surface area contributed by atoms with Crippen LogP contribution in [0.25, 0.3) is 10.2 Å². The molecule has 0 spiro atoms. The third kappa shape index (κ3) is 5.14. The van der Waals surface area contributed by atoms with E-state index in [1.54, 1.807) is 11.3 Å². The summed E-state index contributed by atoms with van der Waals surface area (Å²) in [5.41, 5.74) is 6.15. The Morgan fingerprint density at radius 1 is 1.00 bits per heavy atom. The van der Waals surface area contributed by atoms with Gasteiger partial charge in [0.25, 0.3) is 5.56 Å². The minimum absolute atomic E-state index is 0.0998. The number of thiophene rings is 1. The van der Waals surface area contributed by atoms with E-state index in [1.165, 1.54) is 9.55 Å². The Morgan fingerprint density at radius 3 is 2.33 bits per heavy atom. The molecule has 0 saturated heterocycles. The topological polar surface area (TPSA) is 64.0 Å². The van der Waals surface area contributed by atoms with Gasteiger partial charge >= 0.3 is 0 Å². The summed E-state index contributed by atoms with van der Waals surface area (Å²) in [6, 6.07) is 20.2. The third-order valence-electron chi connectivity index (χ3n) is 7.09. The largest absolute Gasteiger partial charge is 0.281 e. The maximum Gasteiger partial charge on any atom is 0.281 e. The fourth-order valence-corrected chi connectivity index (χ4v) is 6.49. The summed E-state index contributed by atoms with van der Waals surface area (Å²) in [6.07, 6.45) is 8.19. The molecule has 2 heterocycles. The van der Waals surface area contributed by atoms with Gasteiger partial charge in [-0.3, -0.25) is 15.0 Å². The number of carbonyl (C=O) groups excluding carboxylic acids is 1. The van der Waals surface area contributed by atoms with E-state index < -0.39 is 0 Å². The van der Waals surface area contributed by atoms with E-state index in [0.717, 1.165) is 66.5 Å². The van der Waals surface area contributed by atoms with Crippen LogP contribution in [0.15, 0.2) is 65.5 Å². The lowest BCUT2D eigenvalue weighted by molar-refractivity contribution is -0.117. The highest BCUT2D eigenvalue weighted by molar-refractivity contribution is 7.18. The highest BCUT2D eigenvalue weighted by Crippen LogP contribution is 2.34. The standard InChI is InChI=1S/C30H33N3O2S/c1-2-3-6-19-26-31-29-28(23-17-11-12-18-25(23)36-29)30(35)33(26)32-27(34)20-24(21-13-7-4-8-14-21)22-15-9-5-10-16-22/h4-5,7-10,13-16,24H,2-3,6,11-12,17-20H2,1H3,(H,32,34). The molecule has 0 radical (unpaired) electrons. The molecule has 0 unspecified atom stereocenters. The molecule has 1 N–H and O–H groups in total. The first kappa shape index (κ1) is 24.4. The number of amides is 1. The van der Waals surface area contributed by atoms with Crippen molar-refractivity contribution < 1.29 is 4.79 Å². The van der Waals surface area contributed by atoms with E-state index in [1.807, 2.05) is 36.4 Å². The number of nitrogens with one attached hydrogen (secondary N) is 1. The molecule has 0 aliphatic heterocycles. The number of fused-ring (bicyclic) bond motifs is 3. The van der Waals surface area contributed by atoms with E-state index in [2.05, 4.69) is 36.6 Å². The van der Waals surface area contributed by atoms with Crippen LogP contribution in [0.3, 0.4) is 0 Å². The Bertz CT molecular complexity index is 1350. The predicted molar refractivity (Wildman–Crippen MR) is 147 cm³/mol. The van der Waals surface area contributed by atoms with Crippen LogP contribution in [0.2, 0.25) is 0 Å². The second-order valence-electron chi connectivity index (χ2n) is 9.63.